The molecule has 10 heteroatoms. The number of furan rings is 1. The van der Waals surface area contributed by atoms with Crippen molar-refractivity contribution in [3.05, 3.63) is 79.2 Å². The molecular formula is C23H15Cl2N3O4S. The van der Waals surface area contributed by atoms with Crippen LogP contribution in [0.4, 0.5) is 0 Å². The number of hydrogen-bond donors (Lipinski definition) is 0. The number of nitrogens with zero attached hydrogens (tertiary/aromatic N) is 3. The van der Waals surface area contributed by atoms with E-state index in [0.717, 1.165) is 0 Å². The number of benzene rings is 2. The minimum atomic E-state index is -0.284. The van der Waals surface area contributed by atoms with Crippen LogP contribution in [0.1, 0.15) is 5.76 Å². The molecule has 0 aliphatic rings. The van der Waals surface area contributed by atoms with Crippen LogP contribution in [0, 0.1) is 0 Å². The van der Waals surface area contributed by atoms with Crippen molar-refractivity contribution in [2.75, 3.05) is 14.2 Å². The van der Waals surface area contributed by atoms with Crippen molar-refractivity contribution >= 4 is 45.6 Å². The molecule has 0 saturated carbocycles. The molecule has 0 amide bonds. The summed E-state index contributed by atoms with van der Waals surface area (Å²) in [4.78, 5) is 17.9. The summed E-state index contributed by atoms with van der Waals surface area (Å²) in [6, 6.07) is 14.0. The highest BCUT2D eigenvalue weighted by atomic mass is 35.5. The molecule has 0 atom stereocenters. The third kappa shape index (κ3) is 3.97. The Bertz CT molecular complexity index is 1610. The molecule has 0 aliphatic carbocycles. The molecule has 0 bridgehead atoms. The van der Waals surface area contributed by atoms with Gasteiger partial charge in [-0.1, -0.05) is 34.5 Å². The minimum absolute atomic E-state index is 0.284. The number of ether oxygens (including phenoxy) is 2. The van der Waals surface area contributed by atoms with Crippen LogP contribution in [0.5, 0.6) is 11.5 Å². The van der Waals surface area contributed by atoms with E-state index in [1.165, 1.54) is 15.9 Å². The first-order valence-corrected chi connectivity index (χ1v) is 11.2. The first kappa shape index (κ1) is 21.5. The van der Waals surface area contributed by atoms with Crippen molar-refractivity contribution in [3.8, 4) is 34.2 Å². The monoisotopic (exact) mass is 499 g/mol. The van der Waals surface area contributed by atoms with E-state index in [-0.39, 0.29) is 5.56 Å². The van der Waals surface area contributed by atoms with Crippen LogP contribution >= 0.6 is 34.5 Å². The second-order valence-electron chi connectivity index (χ2n) is 6.94. The van der Waals surface area contributed by atoms with E-state index in [1.54, 1.807) is 62.8 Å². The number of methoxy groups -OCH3 is 2. The number of thiazole rings is 1. The lowest BCUT2D eigenvalue weighted by molar-refractivity contribution is 0.355. The summed E-state index contributed by atoms with van der Waals surface area (Å²) in [5, 5.41) is 5.44. The van der Waals surface area contributed by atoms with Gasteiger partial charge in [0.1, 0.15) is 16.1 Å². The second kappa shape index (κ2) is 8.55. The highest BCUT2D eigenvalue weighted by molar-refractivity contribution is 7.15. The Kier molecular flexibility index (Phi) is 5.57. The second-order valence-corrected chi connectivity index (χ2v) is 8.79. The zero-order valence-electron chi connectivity index (χ0n) is 17.3. The number of rotatable bonds is 5. The molecule has 5 aromatic rings. The number of hydrogen-bond acceptors (Lipinski definition) is 7. The van der Waals surface area contributed by atoms with Crippen LogP contribution < -0.4 is 19.6 Å². The number of fused-ring (bicyclic) bond motifs is 1. The van der Waals surface area contributed by atoms with Gasteiger partial charge >= 0.3 is 0 Å². The van der Waals surface area contributed by atoms with Gasteiger partial charge in [-0.2, -0.15) is 9.50 Å². The molecule has 0 spiro atoms. The summed E-state index contributed by atoms with van der Waals surface area (Å²) >= 11 is 13.5. The maximum atomic E-state index is 12.9. The fourth-order valence-corrected chi connectivity index (χ4v) is 4.59. The third-order valence-corrected chi connectivity index (χ3v) is 6.44. The number of aromatic nitrogens is 3. The first-order valence-electron chi connectivity index (χ1n) is 9.66. The van der Waals surface area contributed by atoms with Crippen LogP contribution in [-0.4, -0.2) is 28.8 Å². The van der Waals surface area contributed by atoms with Crippen LogP contribution in [0.3, 0.4) is 0 Å². The van der Waals surface area contributed by atoms with E-state index < -0.39 is 0 Å². The quantitative estimate of drug-likeness (QED) is 0.340. The highest BCUT2D eigenvalue weighted by Crippen LogP contribution is 2.32. The Hall–Kier alpha value is -3.33. The van der Waals surface area contributed by atoms with Gasteiger partial charge in [-0.25, -0.2) is 0 Å². The summed E-state index contributed by atoms with van der Waals surface area (Å²) in [5.41, 5.74) is 1.10. The van der Waals surface area contributed by atoms with Gasteiger partial charge in [0, 0.05) is 22.2 Å². The minimum Gasteiger partial charge on any atom is -0.493 e. The Morgan fingerprint density at radius 3 is 2.61 bits per heavy atom. The normalized spacial score (nSPS) is 11.9. The molecular weight excluding hydrogens is 485 g/mol. The Morgan fingerprint density at radius 2 is 1.85 bits per heavy atom. The smallest absolute Gasteiger partial charge is 0.291 e. The van der Waals surface area contributed by atoms with Gasteiger partial charge in [0.15, 0.2) is 17.3 Å². The summed E-state index contributed by atoms with van der Waals surface area (Å²) in [6.45, 7) is 0. The van der Waals surface area contributed by atoms with Gasteiger partial charge in [-0.15, -0.1) is 5.10 Å². The Morgan fingerprint density at radius 1 is 1.03 bits per heavy atom. The van der Waals surface area contributed by atoms with Gasteiger partial charge in [0.25, 0.3) is 5.56 Å². The van der Waals surface area contributed by atoms with E-state index in [4.69, 9.17) is 37.1 Å². The lowest BCUT2D eigenvalue weighted by Gasteiger charge is -2.07. The highest BCUT2D eigenvalue weighted by Gasteiger charge is 2.15. The molecule has 2 aromatic carbocycles. The zero-order chi connectivity index (χ0) is 23.1. The maximum absolute atomic E-state index is 12.9. The first-order chi connectivity index (χ1) is 16.0. The predicted octanol–water partition coefficient (Wildman–Crippen LogP) is 4.95. The Labute approximate surface area is 201 Å². The van der Waals surface area contributed by atoms with E-state index in [0.29, 0.717) is 59.5 Å². The van der Waals surface area contributed by atoms with Gasteiger partial charge < -0.3 is 13.9 Å². The average Bonchev–Trinajstić information content (AvgIpc) is 3.52. The maximum Gasteiger partial charge on any atom is 0.291 e. The van der Waals surface area contributed by atoms with Crippen molar-refractivity contribution in [1.82, 2.24) is 14.6 Å². The predicted molar refractivity (Wildman–Crippen MR) is 129 cm³/mol. The van der Waals surface area contributed by atoms with Crippen LogP contribution in [0.15, 0.2) is 57.7 Å². The van der Waals surface area contributed by atoms with Crippen LogP contribution in [-0.2, 0) is 0 Å². The molecule has 3 aromatic heterocycles. The molecule has 166 valence electrons. The largest absolute Gasteiger partial charge is 0.493 e. The molecule has 0 fully saturated rings. The zero-order valence-corrected chi connectivity index (χ0v) is 19.7. The van der Waals surface area contributed by atoms with E-state index >= 15 is 0 Å². The lowest BCUT2D eigenvalue weighted by atomic mass is 10.2. The van der Waals surface area contributed by atoms with Gasteiger partial charge in [-0.3, -0.25) is 4.79 Å². The van der Waals surface area contributed by atoms with Gasteiger partial charge in [0.05, 0.1) is 19.2 Å². The molecule has 3 heterocycles. The van der Waals surface area contributed by atoms with Gasteiger partial charge in [0.2, 0.25) is 4.96 Å². The van der Waals surface area contributed by atoms with Crippen molar-refractivity contribution < 1.29 is 13.9 Å². The van der Waals surface area contributed by atoms with Crippen molar-refractivity contribution in [2.24, 2.45) is 0 Å². The molecule has 0 saturated heterocycles. The Balaban J connectivity index is 1.51. The van der Waals surface area contributed by atoms with Gasteiger partial charge in [-0.05, 0) is 48.5 Å². The van der Waals surface area contributed by atoms with Crippen molar-refractivity contribution in [1.29, 1.82) is 0 Å². The fraction of sp³-hybridized carbons (Fsp3) is 0.0870. The van der Waals surface area contributed by atoms with Crippen LogP contribution in [0.2, 0.25) is 10.0 Å². The fourth-order valence-electron chi connectivity index (χ4n) is 3.32. The molecule has 5 rings (SSSR count). The molecule has 33 heavy (non-hydrogen) atoms. The van der Waals surface area contributed by atoms with Crippen molar-refractivity contribution in [2.45, 2.75) is 0 Å². The molecule has 0 N–H and O–H groups in total. The molecule has 7 nitrogen and oxygen atoms in total. The topological polar surface area (TPSA) is 78.9 Å². The SMILES string of the molecule is COc1ccc(-c2nc3sc(=Cc4ccc(-c5cc(Cl)ccc5Cl)o4)c(=O)n3n2)cc1OC. The summed E-state index contributed by atoms with van der Waals surface area (Å²) < 4.78 is 18.2. The molecule has 0 aliphatic heterocycles. The average molecular weight is 500 g/mol. The summed E-state index contributed by atoms with van der Waals surface area (Å²) in [7, 11) is 3.12. The van der Waals surface area contributed by atoms with E-state index in [2.05, 4.69) is 10.1 Å². The van der Waals surface area contributed by atoms with Crippen molar-refractivity contribution in [3.63, 3.8) is 0 Å². The van der Waals surface area contributed by atoms with Crippen LogP contribution in [0.25, 0.3) is 33.7 Å². The van der Waals surface area contributed by atoms with E-state index in [1.807, 2.05) is 6.07 Å². The lowest BCUT2D eigenvalue weighted by Crippen LogP contribution is -2.23. The summed E-state index contributed by atoms with van der Waals surface area (Å²) in [6.07, 6.45) is 1.65. The molecule has 0 radical (unpaired) electrons. The van der Waals surface area contributed by atoms with E-state index in [9.17, 15) is 4.79 Å². The standard InChI is InChI=1S/C23H15Cl2N3O4S/c1-30-18-7-3-12(9-19(18)31-2)21-26-23-28(27-21)22(29)20(33-23)11-14-5-8-17(32-14)15-10-13(24)4-6-16(15)25/h3-11H,1-2H3. The third-order valence-electron chi connectivity index (χ3n) is 4.92. The molecule has 0 unspecified atom stereocenters. The number of halogens is 2. The summed E-state index contributed by atoms with van der Waals surface area (Å²) in [5.74, 6) is 2.62.